The smallest absolute Gasteiger partial charge is 0.334 e. The average molecular weight is 253 g/mol. The van der Waals surface area contributed by atoms with E-state index >= 15 is 0 Å². The van der Waals surface area contributed by atoms with E-state index in [2.05, 4.69) is 5.32 Å². The van der Waals surface area contributed by atoms with E-state index in [0.29, 0.717) is 24.5 Å². The zero-order valence-corrected chi connectivity index (χ0v) is 9.33. The van der Waals surface area contributed by atoms with Crippen LogP contribution in [0.4, 0.5) is 18.9 Å². The molecule has 94 valence electrons. The summed E-state index contributed by atoms with van der Waals surface area (Å²) in [6.45, 7) is 0.818. The predicted octanol–water partition coefficient (Wildman–Crippen LogP) is 2.48. The third kappa shape index (κ3) is 2.63. The number of alkyl halides is 3. The van der Waals surface area contributed by atoms with Gasteiger partial charge in [0.25, 0.3) is 0 Å². The number of hydrogen-bond donors (Lipinski definition) is 1. The second-order valence-electron chi connectivity index (χ2n) is 3.87. The van der Waals surface area contributed by atoms with Crippen LogP contribution < -0.4 is 10.2 Å². The van der Waals surface area contributed by atoms with Crippen LogP contribution in [0.15, 0.2) is 36.0 Å². The van der Waals surface area contributed by atoms with Gasteiger partial charge in [0.2, 0.25) is 0 Å². The molecule has 1 aliphatic rings. The van der Waals surface area contributed by atoms with Gasteiger partial charge in [-0.1, -0.05) is 6.07 Å². The van der Waals surface area contributed by atoms with Gasteiger partial charge in [0.15, 0.2) is 0 Å². The van der Waals surface area contributed by atoms with Crippen molar-refractivity contribution in [2.45, 2.75) is 6.18 Å². The highest BCUT2D eigenvalue weighted by Crippen LogP contribution is 2.31. The summed E-state index contributed by atoms with van der Waals surface area (Å²) in [6.07, 6.45) is -2.80. The number of hydrogen-bond acceptors (Lipinski definition) is 3. The number of benzene rings is 1. The average Bonchev–Trinajstić information content (AvgIpc) is 2.38. The Labute approximate surface area is 102 Å². The van der Waals surface area contributed by atoms with Gasteiger partial charge < -0.3 is 4.90 Å². The molecule has 0 saturated heterocycles. The fraction of sp³-hybridized carbons (Fsp3) is 0.250. The lowest BCUT2D eigenvalue weighted by molar-refractivity contribution is -0.137. The van der Waals surface area contributed by atoms with Crippen molar-refractivity contribution in [3.05, 3.63) is 41.6 Å². The second kappa shape index (κ2) is 4.70. The molecular formula is C12H10F3N3. The van der Waals surface area contributed by atoms with Crippen LogP contribution in [0.1, 0.15) is 5.56 Å². The maximum atomic E-state index is 12.6. The molecule has 3 nitrogen and oxygen atoms in total. The minimum absolute atomic E-state index is 0.381. The summed E-state index contributed by atoms with van der Waals surface area (Å²) in [7, 11) is 0. The van der Waals surface area contributed by atoms with E-state index in [1.54, 1.807) is 17.2 Å². The summed E-state index contributed by atoms with van der Waals surface area (Å²) >= 11 is 0. The van der Waals surface area contributed by atoms with Gasteiger partial charge in [-0.15, -0.1) is 0 Å². The van der Waals surface area contributed by atoms with Crippen LogP contribution in [-0.4, -0.2) is 13.2 Å². The Hall–Kier alpha value is -2.00. The molecule has 0 fully saturated rings. The highest BCUT2D eigenvalue weighted by atomic mass is 19.4. The second-order valence-corrected chi connectivity index (χ2v) is 3.87. The lowest BCUT2D eigenvalue weighted by atomic mass is 10.1. The molecule has 6 heteroatoms. The molecule has 0 unspecified atom stereocenters. The Balaban J connectivity index is 2.32. The summed E-state index contributed by atoms with van der Waals surface area (Å²) in [6, 6.07) is 7.01. The van der Waals surface area contributed by atoms with E-state index in [9.17, 15) is 13.2 Å². The number of halogens is 3. The quantitative estimate of drug-likeness (QED) is 0.835. The van der Waals surface area contributed by atoms with E-state index < -0.39 is 11.7 Å². The first-order valence-electron chi connectivity index (χ1n) is 5.26. The van der Waals surface area contributed by atoms with Crippen LogP contribution in [0.5, 0.6) is 0 Å². The molecular weight excluding hydrogens is 243 g/mol. The molecule has 0 atom stereocenters. The first-order chi connectivity index (χ1) is 8.50. The molecule has 1 aliphatic heterocycles. The minimum atomic E-state index is -4.36. The molecule has 0 spiro atoms. The van der Waals surface area contributed by atoms with Crippen molar-refractivity contribution in [3.63, 3.8) is 0 Å². The monoisotopic (exact) mass is 253 g/mol. The van der Waals surface area contributed by atoms with Crippen molar-refractivity contribution in [2.75, 3.05) is 18.1 Å². The SMILES string of the molecule is N#CC1=CN(c2cccc(C(F)(F)F)c2)CNC1. The molecule has 0 aliphatic carbocycles. The summed E-state index contributed by atoms with van der Waals surface area (Å²) in [5.41, 5.74) is 0.195. The highest BCUT2D eigenvalue weighted by Gasteiger charge is 2.30. The minimum Gasteiger partial charge on any atom is -0.334 e. The van der Waals surface area contributed by atoms with Crippen LogP contribution in [-0.2, 0) is 6.18 Å². The van der Waals surface area contributed by atoms with E-state index in [4.69, 9.17) is 5.26 Å². The zero-order chi connectivity index (χ0) is 13.2. The molecule has 1 aromatic rings. The summed E-state index contributed by atoms with van der Waals surface area (Å²) < 4.78 is 37.7. The number of anilines is 1. The number of nitrogens with zero attached hydrogens (tertiary/aromatic N) is 2. The van der Waals surface area contributed by atoms with Crippen molar-refractivity contribution < 1.29 is 13.2 Å². The molecule has 0 radical (unpaired) electrons. The van der Waals surface area contributed by atoms with Crippen molar-refractivity contribution in [1.29, 1.82) is 5.26 Å². The predicted molar refractivity (Wildman–Crippen MR) is 60.5 cm³/mol. The summed E-state index contributed by atoms with van der Waals surface area (Å²) in [5.74, 6) is 0. The van der Waals surface area contributed by atoms with Gasteiger partial charge in [-0.2, -0.15) is 18.4 Å². The number of nitrogens with one attached hydrogen (secondary N) is 1. The van der Waals surface area contributed by atoms with Gasteiger partial charge in [0, 0.05) is 18.4 Å². The molecule has 2 rings (SSSR count). The Kier molecular flexibility index (Phi) is 3.26. The van der Waals surface area contributed by atoms with Gasteiger partial charge in [-0.3, -0.25) is 5.32 Å². The van der Waals surface area contributed by atoms with Gasteiger partial charge in [0.05, 0.1) is 23.9 Å². The fourth-order valence-corrected chi connectivity index (χ4v) is 1.69. The van der Waals surface area contributed by atoms with Crippen molar-refractivity contribution in [1.82, 2.24) is 5.32 Å². The Morgan fingerprint density at radius 3 is 2.78 bits per heavy atom. The molecule has 1 N–H and O–H groups in total. The largest absolute Gasteiger partial charge is 0.416 e. The lowest BCUT2D eigenvalue weighted by Crippen LogP contribution is -2.36. The molecule has 1 heterocycles. The standard InChI is InChI=1S/C12H10F3N3/c13-12(14,15)10-2-1-3-11(4-10)18-7-9(5-16)6-17-8-18/h1-4,7,17H,6,8H2. The molecule has 1 aromatic carbocycles. The molecule has 0 bridgehead atoms. The van der Waals surface area contributed by atoms with Crippen molar-refractivity contribution in [2.24, 2.45) is 0 Å². The van der Waals surface area contributed by atoms with Crippen LogP contribution in [0.2, 0.25) is 0 Å². The van der Waals surface area contributed by atoms with Gasteiger partial charge in [0.1, 0.15) is 0 Å². The third-order valence-electron chi connectivity index (χ3n) is 2.56. The Morgan fingerprint density at radius 1 is 1.33 bits per heavy atom. The maximum absolute atomic E-state index is 12.6. The van der Waals surface area contributed by atoms with E-state index in [-0.39, 0.29) is 0 Å². The van der Waals surface area contributed by atoms with E-state index in [1.165, 1.54) is 6.07 Å². The Morgan fingerprint density at radius 2 is 2.11 bits per heavy atom. The number of rotatable bonds is 1. The topological polar surface area (TPSA) is 39.1 Å². The maximum Gasteiger partial charge on any atom is 0.416 e. The third-order valence-corrected chi connectivity index (χ3v) is 2.56. The van der Waals surface area contributed by atoms with Crippen LogP contribution >= 0.6 is 0 Å². The van der Waals surface area contributed by atoms with E-state index in [0.717, 1.165) is 12.1 Å². The summed E-state index contributed by atoms with van der Waals surface area (Å²) in [4.78, 5) is 1.58. The highest BCUT2D eigenvalue weighted by molar-refractivity contribution is 5.53. The molecule has 0 aromatic heterocycles. The molecule has 0 amide bonds. The van der Waals surface area contributed by atoms with Gasteiger partial charge >= 0.3 is 6.18 Å². The van der Waals surface area contributed by atoms with Crippen LogP contribution in [0, 0.1) is 11.3 Å². The van der Waals surface area contributed by atoms with Crippen LogP contribution in [0.25, 0.3) is 0 Å². The van der Waals surface area contributed by atoms with Crippen molar-refractivity contribution in [3.8, 4) is 6.07 Å². The molecule has 0 saturated carbocycles. The Bertz CT molecular complexity index is 514. The van der Waals surface area contributed by atoms with E-state index in [1.807, 2.05) is 6.07 Å². The first-order valence-corrected chi connectivity index (χ1v) is 5.26. The lowest BCUT2D eigenvalue weighted by Gasteiger charge is -2.26. The summed E-state index contributed by atoms with van der Waals surface area (Å²) in [5, 5.41) is 11.7. The van der Waals surface area contributed by atoms with Crippen molar-refractivity contribution >= 4 is 5.69 Å². The fourth-order valence-electron chi connectivity index (χ4n) is 1.69. The molecule has 18 heavy (non-hydrogen) atoms. The number of nitriles is 1. The first kappa shape index (κ1) is 12.5. The normalized spacial score (nSPS) is 16.1. The zero-order valence-electron chi connectivity index (χ0n) is 9.33. The van der Waals surface area contributed by atoms with Gasteiger partial charge in [-0.05, 0) is 18.2 Å². The van der Waals surface area contributed by atoms with Crippen LogP contribution in [0.3, 0.4) is 0 Å². The van der Waals surface area contributed by atoms with Gasteiger partial charge in [-0.25, -0.2) is 0 Å².